The number of hydrogen-bond acceptors (Lipinski definition) is 2. The Hall–Kier alpha value is -1.02. The molecule has 1 atom stereocenters. The number of carbonyl (C=O) groups is 1. The highest BCUT2D eigenvalue weighted by Gasteiger charge is 2.12. The predicted molar refractivity (Wildman–Crippen MR) is 51.7 cm³/mol. The molecule has 0 bridgehead atoms. The summed E-state index contributed by atoms with van der Waals surface area (Å²) in [4.78, 5) is 10.9. The van der Waals surface area contributed by atoms with Crippen LogP contribution in [0, 0.1) is 0 Å². The van der Waals surface area contributed by atoms with Crippen LogP contribution >= 0.6 is 11.6 Å². The first-order valence-corrected chi connectivity index (χ1v) is 4.43. The molecule has 0 unspecified atom stereocenters. The van der Waals surface area contributed by atoms with E-state index in [4.69, 9.17) is 11.6 Å². The average molecular weight is 199 g/mol. The number of esters is 1. The molecule has 0 saturated carbocycles. The highest BCUT2D eigenvalue weighted by molar-refractivity contribution is 6.21. The van der Waals surface area contributed by atoms with Gasteiger partial charge in [-0.15, -0.1) is 11.6 Å². The molecular formula is C10H11ClO2. The van der Waals surface area contributed by atoms with Gasteiger partial charge in [-0.1, -0.05) is 30.3 Å². The highest BCUT2D eigenvalue weighted by atomic mass is 35.5. The molecule has 1 rings (SSSR count). The van der Waals surface area contributed by atoms with Gasteiger partial charge in [0.1, 0.15) is 0 Å². The Balaban J connectivity index is 2.59. The SMILES string of the molecule is COC(=O)C[C@H](Cl)c1ccccc1. The van der Waals surface area contributed by atoms with Crippen molar-refractivity contribution < 1.29 is 9.53 Å². The fourth-order valence-corrected chi connectivity index (χ4v) is 1.28. The molecule has 70 valence electrons. The number of carbonyl (C=O) groups excluding carboxylic acids is 1. The van der Waals surface area contributed by atoms with E-state index in [2.05, 4.69) is 4.74 Å². The number of halogens is 1. The highest BCUT2D eigenvalue weighted by Crippen LogP contribution is 2.23. The van der Waals surface area contributed by atoms with E-state index in [-0.39, 0.29) is 17.8 Å². The van der Waals surface area contributed by atoms with Crippen LogP contribution in [0.25, 0.3) is 0 Å². The van der Waals surface area contributed by atoms with Gasteiger partial charge in [0.05, 0.1) is 18.9 Å². The normalized spacial score (nSPS) is 12.2. The average Bonchev–Trinajstić information content (AvgIpc) is 2.19. The van der Waals surface area contributed by atoms with Gasteiger partial charge in [-0.25, -0.2) is 0 Å². The van der Waals surface area contributed by atoms with E-state index >= 15 is 0 Å². The minimum atomic E-state index is -0.298. The lowest BCUT2D eigenvalue weighted by atomic mass is 10.1. The van der Waals surface area contributed by atoms with Gasteiger partial charge >= 0.3 is 5.97 Å². The zero-order chi connectivity index (χ0) is 9.68. The van der Waals surface area contributed by atoms with E-state index in [1.54, 1.807) is 0 Å². The molecule has 0 fully saturated rings. The third-order valence-corrected chi connectivity index (χ3v) is 2.14. The Labute approximate surface area is 82.5 Å². The standard InChI is InChI=1S/C10H11ClO2/c1-13-10(12)7-9(11)8-5-3-2-4-6-8/h2-6,9H,7H2,1H3/t9-/m0/s1. The Morgan fingerprint density at radius 3 is 2.62 bits per heavy atom. The molecule has 3 heteroatoms. The fourth-order valence-electron chi connectivity index (χ4n) is 1.01. The third kappa shape index (κ3) is 3.07. The maximum absolute atomic E-state index is 10.9. The summed E-state index contributed by atoms with van der Waals surface area (Å²) < 4.78 is 4.52. The van der Waals surface area contributed by atoms with Crippen molar-refractivity contribution in [3.8, 4) is 0 Å². The van der Waals surface area contributed by atoms with Crippen molar-refractivity contribution in [2.75, 3.05) is 7.11 Å². The van der Waals surface area contributed by atoms with Gasteiger partial charge in [-0.2, -0.15) is 0 Å². The summed E-state index contributed by atoms with van der Waals surface area (Å²) in [6.45, 7) is 0. The van der Waals surface area contributed by atoms with Gasteiger partial charge in [-0.05, 0) is 5.56 Å². The van der Waals surface area contributed by atoms with Crippen molar-refractivity contribution in [1.82, 2.24) is 0 Å². The topological polar surface area (TPSA) is 26.3 Å². The maximum Gasteiger partial charge on any atom is 0.307 e. The number of ether oxygens (including phenoxy) is 1. The Bertz CT molecular complexity index is 272. The fraction of sp³-hybridized carbons (Fsp3) is 0.300. The second-order valence-corrected chi connectivity index (χ2v) is 3.19. The largest absolute Gasteiger partial charge is 0.469 e. The quantitative estimate of drug-likeness (QED) is 0.551. The molecule has 1 aromatic rings. The zero-order valence-corrected chi connectivity index (χ0v) is 8.12. The number of hydrogen-bond donors (Lipinski definition) is 0. The molecule has 13 heavy (non-hydrogen) atoms. The van der Waals surface area contributed by atoms with Gasteiger partial charge in [0, 0.05) is 0 Å². The van der Waals surface area contributed by atoms with E-state index in [0.29, 0.717) is 0 Å². The third-order valence-electron chi connectivity index (χ3n) is 1.73. The summed E-state index contributed by atoms with van der Waals surface area (Å²) in [6, 6.07) is 9.47. The molecule has 0 saturated heterocycles. The molecule has 1 aromatic carbocycles. The number of methoxy groups -OCH3 is 1. The van der Waals surface area contributed by atoms with E-state index in [1.165, 1.54) is 7.11 Å². The molecule has 0 aliphatic carbocycles. The summed E-state index contributed by atoms with van der Waals surface area (Å²) >= 11 is 5.98. The first-order valence-electron chi connectivity index (χ1n) is 4.00. The van der Waals surface area contributed by atoms with Gasteiger partial charge < -0.3 is 4.74 Å². The monoisotopic (exact) mass is 198 g/mol. The van der Waals surface area contributed by atoms with E-state index in [1.807, 2.05) is 30.3 Å². The van der Waals surface area contributed by atoms with Crippen LogP contribution in [0.5, 0.6) is 0 Å². The minimum absolute atomic E-state index is 0.210. The molecule has 0 aliphatic heterocycles. The zero-order valence-electron chi connectivity index (χ0n) is 7.37. The summed E-state index contributed by atoms with van der Waals surface area (Å²) in [5, 5.41) is -0.298. The van der Waals surface area contributed by atoms with Gasteiger partial charge in [0.25, 0.3) is 0 Å². The van der Waals surface area contributed by atoms with Crippen LogP contribution in [0.1, 0.15) is 17.4 Å². The van der Waals surface area contributed by atoms with Crippen LogP contribution in [-0.2, 0) is 9.53 Å². The molecule has 0 spiro atoms. The van der Waals surface area contributed by atoms with Crippen LogP contribution in [0.15, 0.2) is 30.3 Å². The predicted octanol–water partition coefficient (Wildman–Crippen LogP) is 2.53. The van der Waals surface area contributed by atoms with E-state index < -0.39 is 0 Å². The van der Waals surface area contributed by atoms with Crippen LogP contribution in [0.4, 0.5) is 0 Å². The summed E-state index contributed by atoms with van der Waals surface area (Å²) in [6.07, 6.45) is 0.210. The molecule has 0 radical (unpaired) electrons. The Morgan fingerprint density at radius 1 is 1.46 bits per heavy atom. The molecule has 0 heterocycles. The second-order valence-electron chi connectivity index (χ2n) is 2.66. The van der Waals surface area contributed by atoms with Crippen LogP contribution in [0.3, 0.4) is 0 Å². The number of rotatable bonds is 3. The molecule has 2 nitrogen and oxygen atoms in total. The van der Waals surface area contributed by atoms with Crippen molar-refractivity contribution in [3.05, 3.63) is 35.9 Å². The van der Waals surface area contributed by atoms with E-state index in [9.17, 15) is 4.79 Å². The smallest absolute Gasteiger partial charge is 0.307 e. The first-order chi connectivity index (χ1) is 6.24. The Morgan fingerprint density at radius 2 is 2.08 bits per heavy atom. The lowest BCUT2D eigenvalue weighted by Gasteiger charge is -2.07. The van der Waals surface area contributed by atoms with Crippen molar-refractivity contribution in [3.63, 3.8) is 0 Å². The Kier molecular flexibility index (Phi) is 3.77. The van der Waals surface area contributed by atoms with Crippen LogP contribution in [-0.4, -0.2) is 13.1 Å². The molecule has 0 N–H and O–H groups in total. The first kappa shape index (κ1) is 10.1. The van der Waals surface area contributed by atoms with Gasteiger partial charge in [-0.3, -0.25) is 4.79 Å². The lowest BCUT2D eigenvalue weighted by Crippen LogP contribution is -2.04. The summed E-state index contributed by atoms with van der Waals surface area (Å²) in [5.74, 6) is -0.288. The summed E-state index contributed by atoms with van der Waals surface area (Å²) in [7, 11) is 1.36. The minimum Gasteiger partial charge on any atom is -0.469 e. The van der Waals surface area contributed by atoms with E-state index in [0.717, 1.165) is 5.56 Å². The molecular weight excluding hydrogens is 188 g/mol. The molecule has 0 aliphatic rings. The van der Waals surface area contributed by atoms with Crippen molar-refractivity contribution in [1.29, 1.82) is 0 Å². The van der Waals surface area contributed by atoms with Crippen LogP contribution < -0.4 is 0 Å². The molecule has 0 amide bonds. The molecule has 0 aromatic heterocycles. The lowest BCUT2D eigenvalue weighted by molar-refractivity contribution is -0.140. The van der Waals surface area contributed by atoms with Gasteiger partial charge in [0.15, 0.2) is 0 Å². The van der Waals surface area contributed by atoms with Gasteiger partial charge in [0.2, 0.25) is 0 Å². The van der Waals surface area contributed by atoms with Crippen molar-refractivity contribution in [2.24, 2.45) is 0 Å². The van der Waals surface area contributed by atoms with Crippen LogP contribution in [0.2, 0.25) is 0 Å². The number of benzene rings is 1. The van der Waals surface area contributed by atoms with Crippen molar-refractivity contribution in [2.45, 2.75) is 11.8 Å². The second kappa shape index (κ2) is 4.87. The number of alkyl halides is 1. The van der Waals surface area contributed by atoms with Crippen molar-refractivity contribution >= 4 is 17.6 Å². The maximum atomic E-state index is 10.9. The summed E-state index contributed by atoms with van der Waals surface area (Å²) in [5.41, 5.74) is 0.939.